The fraction of sp³-hybridized carbons (Fsp3) is 0.375. The van der Waals surface area contributed by atoms with Crippen molar-refractivity contribution in [2.24, 2.45) is 5.92 Å². The Labute approximate surface area is 128 Å². The number of hydrogen-bond acceptors (Lipinski definition) is 4. The van der Waals surface area contributed by atoms with Gasteiger partial charge in [-0.2, -0.15) is 0 Å². The van der Waals surface area contributed by atoms with Gasteiger partial charge in [-0.15, -0.1) is 11.3 Å². The van der Waals surface area contributed by atoms with Gasteiger partial charge in [0.15, 0.2) is 0 Å². The summed E-state index contributed by atoms with van der Waals surface area (Å²) in [6.07, 6.45) is -0.181. The Kier molecular flexibility index (Phi) is 3.68. The Morgan fingerprint density at radius 3 is 2.81 bits per heavy atom. The number of nitrogens with zero attached hydrogens (tertiary/aromatic N) is 2. The van der Waals surface area contributed by atoms with Crippen LogP contribution < -0.4 is 5.32 Å². The van der Waals surface area contributed by atoms with E-state index < -0.39 is 0 Å². The zero-order valence-corrected chi connectivity index (χ0v) is 13.3. The van der Waals surface area contributed by atoms with E-state index in [1.165, 1.54) is 0 Å². The molecule has 5 heteroatoms. The average molecular weight is 301 g/mol. The highest BCUT2D eigenvalue weighted by Crippen LogP contribution is 2.33. The Bertz CT molecular complexity index is 665. The van der Waals surface area contributed by atoms with Crippen molar-refractivity contribution in [1.29, 1.82) is 0 Å². The molecule has 1 aromatic carbocycles. The van der Waals surface area contributed by atoms with Crippen LogP contribution in [0.5, 0.6) is 0 Å². The number of anilines is 1. The molecule has 0 aliphatic carbocycles. The van der Waals surface area contributed by atoms with E-state index in [1.54, 1.807) is 11.3 Å². The summed E-state index contributed by atoms with van der Waals surface area (Å²) < 4.78 is 0. The number of benzene rings is 1. The van der Waals surface area contributed by atoms with Crippen molar-refractivity contribution in [3.63, 3.8) is 0 Å². The lowest BCUT2D eigenvalue weighted by molar-refractivity contribution is 0.0654. The molecule has 0 bridgehead atoms. The van der Waals surface area contributed by atoms with Crippen LogP contribution in [0.3, 0.4) is 0 Å². The van der Waals surface area contributed by atoms with Crippen molar-refractivity contribution in [3.05, 3.63) is 45.9 Å². The highest BCUT2D eigenvalue weighted by molar-refractivity contribution is 7.09. The predicted molar refractivity (Wildman–Crippen MR) is 85.5 cm³/mol. The molecule has 1 aromatic heterocycles. The van der Waals surface area contributed by atoms with Gasteiger partial charge in [-0.1, -0.05) is 26.0 Å². The standard InChI is InChI=1S/C16H19N3OS/c1-10(2)8-19-15(14-9-21-11(3)17-14)18-13-7-5-4-6-12(13)16(19)20/h4-7,9-10,15,18H,8H2,1-3H3/t15-/m1/s1. The van der Waals surface area contributed by atoms with Gasteiger partial charge in [-0.25, -0.2) is 4.98 Å². The molecule has 1 N–H and O–H groups in total. The lowest BCUT2D eigenvalue weighted by Crippen LogP contribution is -2.44. The normalized spacial score (nSPS) is 17.8. The summed E-state index contributed by atoms with van der Waals surface area (Å²) >= 11 is 1.61. The molecule has 1 amide bonds. The van der Waals surface area contributed by atoms with Gasteiger partial charge in [0.2, 0.25) is 0 Å². The van der Waals surface area contributed by atoms with E-state index in [9.17, 15) is 4.79 Å². The van der Waals surface area contributed by atoms with Gasteiger partial charge in [-0.05, 0) is 25.0 Å². The number of carbonyl (C=O) groups is 1. The largest absolute Gasteiger partial charge is 0.359 e. The van der Waals surface area contributed by atoms with Crippen LogP contribution in [-0.2, 0) is 0 Å². The minimum atomic E-state index is -0.181. The molecule has 1 aliphatic heterocycles. The van der Waals surface area contributed by atoms with E-state index in [1.807, 2.05) is 41.5 Å². The topological polar surface area (TPSA) is 45.2 Å². The SMILES string of the molecule is Cc1nc([C@@H]2Nc3ccccc3C(=O)N2CC(C)C)cs1. The quantitative estimate of drug-likeness (QED) is 0.940. The molecule has 0 fully saturated rings. The molecule has 2 aromatic rings. The molecule has 1 atom stereocenters. The summed E-state index contributed by atoms with van der Waals surface area (Å²) in [5, 5.41) is 6.51. The fourth-order valence-corrected chi connectivity index (χ4v) is 3.24. The molecule has 0 radical (unpaired) electrons. The summed E-state index contributed by atoms with van der Waals surface area (Å²) in [4.78, 5) is 19.3. The number of aromatic nitrogens is 1. The van der Waals surface area contributed by atoms with Gasteiger partial charge in [0.25, 0.3) is 5.91 Å². The third-order valence-corrected chi connectivity index (χ3v) is 4.29. The molecule has 21 heavy (non-hydrogen) atoms. The van der Waals surface area contributed by atoms with Crippen molar-refractivity contribution < 1.29 is 4.79 Å². The summed E-state index contributed by atoms with van der Waals surface area (Å²) in [6.45, 7) is 6.94. The first-order chi connectivity index (χ1) is 10.1. The van der Waals surface area contributed by atoms with E-state index >= 15 is 0 Å². The number of hydrogen-bond donors (Lipinski definition) is 1. The number of aryl methyl sites for hydroxylation is 1. The second kappa shape index (κ2) is 5.48. The minimum absolute atomic E-state index is 0.0775. The number of fused-ring (bicyclic) bond motifs is 1. The molecule has 110 valence electrons. The van der Waals surface area contributed by atoms with Gasteiger partial charge in [0.1, 0.15) is 6.17 Å². The van der Waals surface area contributed by atoms with Crippen LogP contribution in [0.25, 0.3) is 0 Å². The highest BCUT2D eigenvalue weighted by Gasteiger charge is 2.34. The zero-order valence-electron chi connectivity index (χ0n) is 12.5. The molecule has 0 spiro atoms. The minimum Gasteiger partial charge on any atom is -0.359 e. The monoisotopic (exact) mass is 301 g/mol. The molecule has 0 unspecified atom stereocenters. The van der Waals surface area contributed by atoms with Gasteiger partial charge >= 0.3 is 0 Å². The summed E-state index contributed by atoms with van der Waals surface area (Å²) in [5.74, 6) is 0.483. The predicted octanol–water partition coefficient (Wildman–Crippen LogP) is 3.67. The van der Waals surface area contributed by atoms with Crippen molar-refractivity contribution >= 4 is 22.9 Å². The van der Waals surface area contributed by atoms with Gasteiger partial charge in [-0.3, -0.25) is 4.79 Å². The third kappa shape index (κ3) is 2.65. The number of carbonyl (C=O) groups excluding carboxylic acids is 1. The first kappa shape index (κ1) is 14.1. The lowest BCUT2D eigenvalue weighted by atomic mass is 10.0. The first-order valence-corrected chi connectivity index (χ1v) is 8.03. The van der Waals surface area contributed by atoms with Crippen LogP contribution in [0.2, 0.25) is 0 Å². The van der Waals surface area contributed by atoms with Crippen molar-refractivity contribution in [2.75, 3.05) is 11.9 Å². The van der Waals surface area contributed by atoms with Crippen LogP contribution in [-0.4, -0.2) is 22.3 Å². The van der Waals surface area contributed by atoms with Crippen molar-refractivity contribution in [3.8, 4) is 0 Å². The van der Waals surface area contributed by atoms with E-state index in [4.69, 9.17) is 0 Å². The number of rotatable bonds is 3. The summed E-state index contributed by atoms with van der Waals surface area (Å²) in [6, 6.07) is 7.67. The number of para-hydroxylation sites is 1. The van der Waals surface area contributed by atoms with Gasteiger partial charge in [0, 0.05) is 17.6 Å². The Morgan fingerprint density at radius 2 is 2.14 bits per heavy atom. The van der Waals surface area contributed by atoms with Crippen LogP contribution in [0.4, 0.5) is 5.69 Å². The van der Waals surface area contributed by atoms with E-state index in [0.717, 1.165) is 22.0 Å². The van der Waals surface area contributed by atoms with Crippen LogP contribution >= 0.6 is 11.3 Å². The smallest absolute Gasteiger partial charge is 0.257 e. The Hall–Kier alpha value is -1.88. The molecule has 2 heterocycles. The maximum atomic E-state index is 12.8. The van der Waals surface area contributed by atoms with Crippen LogP contribution in [0.1, 0.15) is 41.1 Å². The second-order valence-electron chi connectivity index (χ2n) is 5.74. The highest BCUT2D eigenvalue weighted by atomic mass is 32.1. The van der Waals surface area contributed by atoms with Crippen molar-refractivity contribution in [1.82, 2.24) is 9.88 Å². The maximum absolute atomic E-state index is 12.8. The van der Waals surface area contributed by atoms with Crippen LogP contribution in [0.15, 0.2) is 29.6 Å². The van der Waals surface area contributed by atoms with Gasteiger partial charge < -0.3 is 10.2 Å². The molecular formula is C16H19N3OS. The fourth-order valence-electron chi connectivity index (χ4n) is 2.61. The summed E-state index contributed by atoms with van der Waals surface area (Å²) in [7, 11) is 0. The first-order valence-electron chi connectivity index (χ1n) is 7.15. The maximum Gasteiger partial charge on any atom is 0.257 e. The third-order valence-electron chi connectivity index (χ3n) is 3.50. The van der Waals surface area contributed by atoms with Gasteiger partial charge in [0.05, 0.1) is 16.3 Å². The number of amides is 1. The summed E-state index contributed by atoms with van der Waals surface area (Å²) in [5.41, 5.74) is 2.54. The van der Waals surface area contributed by atoms with Crippen LogP contribution in [0, 0.1) is 12.8 Å². The average Bonchev–Trinajstić information content (AvgIpc) is 2.88. The Morgan fingerprint density at radius 1 is 1.38 bits per heavy atom. The Balaban J connectivity index is 2.02. The second-order valence-corrected chi connectivity index (χ2v) is 6.80. The molecule has 3 rings (SSSR count). The lowest BCUT2D eigenvalue weighted by Gasteiger charge is -2.38. The number of nitrogens with one attached hydrogen (secondary N) is 1. The van der Waals surface area contributed by atoms with E-state index in [2.05, 4.69) is 24.1 Å². The zero-order chi connectivity index (χ0) is 15.0. The van der Waals surface area contributed by atoms with E-state index in [-0.39, 0.29) is 12.1 Å². The molecular weight excluding hydrogens is 282 g/mol. The number of thiazole rings is 1. The molecule has 4 nitrogen and oxygen atoms in total. The molecule has 0 saturated heterocycles. The van der Waals surface area contributed by atoms with Crippen molar-refractivity contribution in [2.45, 2.75) is 26.9 Å². The van der Waals surface area contributed by atoms with E-state index in [0.29, 0.717) is 12.5 Å². The molecule has 1 aliphatic rings. The molecule has 0 saturated carbocycles.